The summed E-state index contributed by atoms with van der Waals surface area (Å²) in [5.74, 6) is 0.297. The van der Waals surface area contributed by atoms with Crippen LogP contribution < -0.4 is 9.47 Å². The number of hydrogen-bond acceptors (Lipinski definition) is 4. The summed E-state index contributed by atoms with van der Waals surface area (Å²) >= 11 is 0. The van der Waals surface area contributed by atoms with Crippen LogP contribution in [0.4, 0.5) is 0 Å². The predicted molar refractivity (Wildman–Crippen MR) is 126 cm³/mol. The maximum atomic E-state index is 12.1. The fourth-order valence-electron chi connectivity index (χ4n) is 3.32. The van der Waals surface area contributed by atoms with Crippen LogP contribution in [0.15, 0.2) is 72.8 Å². The Balaban J connectivity index is 1.41. The maximum absolute atomic E-state index is 12.1. The standard InChI is InChI=1S/C28H30O4/c1-3-21-5-9-23(10-6-21)13-19-27(29)31-25-15-17-26(18-16-25)32-28(30)20-14-24-11-7-22(4-2)8-12-24/h5-12,15-18H,3-4,13-14,19-20H2,1-2H3. The summed E-state index contributed by atoms with van der Waals surface area (Å²) in [7, 11) is 0. The van der Waals surface area contributed by atoms with E-state index in [2.05, 4.69) is 62.4 Å². The molecule has 0 bridgehead atoms. The molecule has 0 atom stereocenters. The van der Waals surface area contributed by atoms with Crippen molar-refractivity contribution in [1.29, 1.82) is 0 Å². The van der Waals surface area contributed by atoms with E-state index in [1.165, 1.54) is 11.1 Å². The highest BCUT2D eigenvalue weighted by Gasteiger charge is 2.09. The molecule has 166 valence electrons. The molecule has 0 aromatic heterocycles. The fourth-order valence-corrected chi connectivity index (χ4v) is 3.32. The van der Waals surface area contributed by atoms with Gasteiger partial charge in [0.25, 0.3) is 0 Å². The third-order valence-corrected chi connectivity index (χ3v) is 5.39. The molecule has 0 saturated carbocycles. The third-order valence-electron chi connectivity index (χ3n) is 5.39. The summed E-state index contributed by atoms with van der Waals surface area (Å²) in [6.45, 7) is 4.23. The molecular formula is C28H30O4. The fraction of sp³-hybridized carbons (Fsp3) is 0.286. The minimum atomic E-state index is -0.289. The molecule has 3 aromatic carbocycles. The summed E-state index contributed by atoms with van der Waals surface area (Å²) in [6.07, 6.45) is 3.89. The second-order valence-corrected chi connectivity index (χ2v) is 7.76. The van der Waals surface area contributed by atoms with Crippen molar-refractivity contribution in [2.45, 2.75) is 52.4 Å². The number of rotatable bonds is 10. The quantitative estimate of drug-likeness (QED) is 0.297. The zero-order valence-electron chi connectivity index (χ0n) is 18.8. The molecular weight excluding hydrogens is 400 g/mol. The second kappa shape index (κ2) is 11.8. The van der Waals surface area contributed by atoms with E-state index in [1.54, 1.807) is 24.3 Å². The molecule has 32 heavy (non-hydrogen) atoms. The van der Waals surface area contributed by atoms with Crippen molar-refractivity contribution in [3.05, 3.63) is 95.1 Å². The summed E-state index contributed by atoms with van der Waals surface area (Å²) in [5.41, 5.74) is 4.79. The van der Waals surface area contributed by atoms with Gasteiger partial charge in [0.2, 0.25) is 0 Å². The van der Waals surface area contributed by atoms with Gasteiger partial charge in [-0.15, -0.1) is 0 Å². The molecule has 0 radical (unpaired) electrons. The molecule has 4 nitrogen and oxygen atoms in total. The Bertz CT molecular complexity index is 918. The predicted octanol–water partition coefficient (Wildman–Crippen LogP) is 5.89. The van der Waals surface area contributed by atoms with Crippen molar-refractivity contribution in [1.82, 2.24) is 0 Å². The van der Waals surface area contributed by atoms with Crippen LogP contribution in [-0.4, -0.2) is 11.9 Å². The summed E-state index contributed by atoms with van der Waals surface area (Å²) in [5, 5.41) is 0. The van der Waals surface area contributed by atoms with Crippen molar-refractivity contribution in [2.24, 2.45) is 0 Å². The smallest absolute Gasteiger partial charge is 0.311 e. The highest BCUT2D eigenvalue weighted by Crippen LogP contribution is 2.19. The van der Waals surface area contributed by atoms with Gasteiger partial charge >= 0.3 is 11.9 Å². The molecule has 0 fully saturated rings. The van der Waals surface area contributed by atoms with Crippen LogP contribution in [0.3, 0.4) is 0 Å². The zero-order chi connectivity index (χ0) is 22.8. The average Bonchev–Trinajstić information content (AvgIpc) is 2.83. The van der Waals surface area contributed by atoms with Crippen LogP contribution in [-0.2, 0) is 35.3 Å². The van der Waals surface area contributed by atoms with Gasteiger partial charge in [-0.25, -0.2) is 0 Å². The van der Waals surface area contributed by atoms with E-state index in [1.807, 2.05) is 0 Å². The number of benzene rings is 3. The lowest BCUT2D eigenvalue weighted by Gasteiger charge is -2.07. The molecule has 0 amide bonds. The van der Waals surface area contributed by atoms with Gasteiger partial charge in [-0.2, -0.15) is 0 Å². The molecule has 0 aliphatic rings. The number of hydrogen-bond donors (Lipinski definition) is 0. The van der Waals surface area contributed by atoms with E-state index < -0.39 is 0 Å². The first-order valence-corrected chi connectivity index (χ1v) is 11.2. The molecule has 0 spiro atoms. The van der Waals surface area contributed by atoms with Crippen molar-refractivity contribution in [2.75, 3.05) is 0 Å². The molecule has 3 rings (SSSR count). The van der Waals surface area contributed by atoms with Crippen molar-refractivity contribution in [3.63, 3.8) is 0 Å². The van der Waals surface area contributed by atoms with Gasteiger partial charge in [0.1, 0.15) is 11.5 Å². The second-order valence-electron chi connectivity index (χ2n) is 7.76. The van der Waals surface area contributed by atoms with Gasteiger partial charge in [0.15, 0.2) is 0 Å². The highest BCUT2D eigenvalue weighted by molar-refractivity contribution is 5.74. The number of ether oxygens (including phenoxy) is 2. The lowest BCUT2D eigenvalue weighted by atomic mass is 10.1. The van der Waals surface area contributed by atoms with Gasteiger partial charge in [0.05, 0.1) is 0 Å². The van der Waals surface area contributed by atoms with Crippen LogP contribution in [0.2, 0.25) is 0 Å². The molecule has 0 N–H and O–H groups in total. The maximum Gasteiger partial charge on any atom is 0.311 e. The zero-order valence-corrected chi connectivity index (χ0v) is 18.8. The van der Waals surface area contributed by atoms with Crippen LogP contribution in [0.5, 0.6) is 11.5 Å². The molecule has 0 unspecified atom stereocenters. The number of aryl methyl sites for hydroxylation is 4. The Hall–Kier alpha value is -3.40. The van der Waals surface area contributed by atoms with Gasteiger partial charge in [-0.1, -0.05) is 62.4 Å². The Kier molecular flexibility index (Phi) is 8.61. The van der Waals surface area contributed by atoms with Gasteiger partial charge in [-0.3, -0.25) is 9.59 Å². The van der Waals surface area contributed by atoms with Crippen LogP contribution in [0.25, 0.3) is 0 Å². The Morgan fingerprint density at radius 2 is 0.844 bits per heavy atom. The normalized spacial score (nSPS) is 10.6. The van der Waals surface area contributed by atoms with Crippen molar-refractivity contribution >= 4 is 11.9 Å². The number of esters is 2. The first kappa shape index (κ1) is 23.3. The molecule has 0 aliphatic heterocycles. The van der Waals surface area contributed by atoms with Crippen molar-refractivity contribution < 1.29 is 19.1 Å². The van der Waals surface area contributed by atoms with E-state index in [0.717, 1.165) is 24.0 Å². The molecule has 3 aromatic rings. The monoisotopic (exact) mass is 430 g/mol. The summed E-state index contributed by atoms with van der Waals surface area (Å²) in [6, 6.07) is 23.1. The van der Waals surface area contributed by atoms with E-state index in [-0.39, 0.29) is 11.9 Å². The SMILES string of the molecule is CCc1ccc(CCC(=O)Oc2ccc(OC(=O)CCc3ccc(CC)cc3)cc2)cc1. The topological polar surface area (TPSA) is 52.6 Å². The van der Waals surface area contributed by atoms with Crippen LogP contribution >= 0.6 is 0 Å². The first-order chi connectivity index (χ1) is 15.6. The largest absolute Gasteiger partial charge is 0.427 e. The first-order valence-electron chi connectivity index (χ1n) is 11.2. The minimum absolute atomic E-state index is 0.289. The summed E-state index contributed by atoms with van der Waals surface area (Å²) in [4.78, 5) is 24.2. The third kappa shape index (κ3) is 7.38. The Morgan fingerprint density at radius 1 is 0.531 bits per heavy atom. The van der Waals surface area contributed by atoms with Crippen LogP contribution in [0, 0.1) is 0 Å². The number of carbonyl (C=O) groups excluding carboxylic acids is 2. The molecule has 0 heterocycles. The molecule has 0 aliphatic carbocycles. The van der Waals surface area contributed by atoms with Gasteiger partial charge in [-0.05, 0) is 72.2 Å². The van der Waals surface area contributed by atoms with E-state index in [4.69, 9.17) is 9.47 Å². The van der Waals surface area contributed by atoms with E-state index in [9.17, 15) is 9.59 Å². The van der Waals surface area contributed by atoms with E-state index in [0.29, 0.717) is 37.2 Å². The van der Waals surface area contributed by atoms with E-state index >= 15 is 0 Å². The average molecular weight is 431 g/mol. The summed E-state index contributed by atoms with van der Waals surface area (Å²) < 4.78 is 10.8. The Labute approximate surface area is 190 Å². The van der Waals surface area contributed by atoms with Gasteiger partial charge in [0, 0.05) is 12.8 Å². The number of carbonyl (C=O) groups is 2. The minimum Gasteiger partial charge on any atom is -0.427 e. The van der Waals surface area contributed by atoms with Crippen molar-refractivity contribution in [3.8, 4) is 11.5 Å². The molecule has 4 heteroatoms. The highest BCUT2D eigenvalue weighted by atomic mass is 16.5. The lowest BCUT2D eigenvalue weighted by Crippen LogP contribution is -2.10. The Morgan fingerprint density at radius 3 is 1.16 bits per heavy atom. The van der Waals surface area contributed by atoms with Gasteiger partial charge < -0.3 is 9.47 Å². The van der Waals surface area contributed by atoms with Crippen LogP contribution in [0.1, 0.15) is 48.9 Å². The lowest BCUT2D eigenvalue weighted by molar-refractivity contribution is -0.135. The molecule has 0 saturated heterocycles.